The van der Waals surface area contributed by atoms with Crippen LogP contribution in [0, 0.1) is 6.92 Å². The normalized spacial score (nSPS) is 22.2. The minimum atomic E-state index is 0. The molecule has 10 heteroatoms. The number of hydrogen-bond donors (Lipinski definition) is 1. The fourth-order valence-electron chi connectivity index (χ4n) is 4.63. The number of hydrogen-bond acceptors (Lipinski definition) is 5. The van der Waals surface area contributed by atoms with Crippen LogP contribution < -0.4 is 5.32 Å². The van der Waals surface area contributed by atoms with Crippen LogP contribution in [-0.2, 0) is 20.6 Å². The van der Waals surface area contributed by atoms with Crippen LogP contribution in [0.25, 0.3) is 0 Å². The number of halogens is 1. The van der Waals surface area contributed by atoms with Gasteiger partial charge in [0, 0.05) is 51.9 Å². The van der Waals surface area contributed by atoms with Gasteiger partial charge in [-0.25, -0.2) is 4.99 Å². The van der Waals surface area contributed by atoms with Crippen LogP contribution in [0.3, 0.4) is 0 Å². The topological polar surface area (TPSA) is 79.4 Å². The van der Waals surface area contributed by atoms with Gasteiger partial charge in [0.2, 0.25) is 0 Å². The Morgan fingerprint density at radius 1 is 1.23 bits per heavy atom. The molecule has 4 heterocycles. The predicted molar refractivity (Wildman–Crippen MR) is 133 cm³/mol. The van der Waals surface area contributed by atoms with Gasteiger partial charge >= 0.3 is 0 Å². The predicted octanol–water partition coefficient (Wildman–Crippen LogP) is 1.89. The Hall–Kier alpha value is -1.69. The zero-order valence-corrected chi connectivity index (χ0v) is 21.5. The number of aliphatic imine (C=N–C) groups is 1. The van der Waals surface area contributed by atoms with E-state index in [2.05, 4.69) is 43.5 Å². The number of likely N-dealkylation sites (tertiary alicyclic amines) is 2. The van der Waals surface area contributed by atoms with Crippen LogP contribution in [0.5, 0.6) is 0 Å². The molecule has 1 N–H and O–H groups in total. The molecule has 0 aliphatic carbocycles. The molecule has 0 spiro atoms. The van der Waals surface area contributed by atoms with Crippen molar-refractivity contribution in [3.05, 3.63) is 29.6 Å². The molecule has 2 saturated heterocycles. The lowest BCUT2D eigenvalue weighted by Gasteiger charge is -2.27. The van der Waals surface area contributed by atoms with E-state index >= 15 is 0 Å². The lowest BCUT2D eigenvalue weighted by Crippen LogP contribution is -2.46. The van der Waals surface area contributed by atoms with Gasteiger partial charge in [0.15, 0.2) is 11.8 Å². The number of aryl methyl sites for hydroxylation is 2. The minimum Gasteiger partial charge on any atom is -0.355 e. The summed E-state index contributed by atoms with van der Waals surface area (Å²) in [6, 6.07) is 0.592. The molecule has 2 fully saturated rings. The summed E-state index contributed by atoms with van der Waals surface area (Å²) in [5.41, 5.74) is 1.32. The summed E-state index contributed by atoms with van der Waals surface area (Å²) < 4.78 is 3.90. The van der Waals surface area contributed by atoms with Crippen LogP contribution >= 0.6 is 24.0 Å². The number of nitrogens with one attached hydrogen (secondary N) is 1. The van der Waals surface area contributed by atoms with Crippen molar-refractivity contribution in [2.75, 3.05) is 32.7 Å². The van der Waals surface area contributed by atoms with E-state index < -0.39 is 0 Å². The summed E-state index contributed by atoms with van der Waals surface area (Å²) in [6.07, 6.45) is 7.81. The molecule has 0 radical (unpaired) electrons. The SMILES string of the molecule is CCN1CCCC1CNC(=NCc1nnc(C)n1C)N1CCC(c2cnn(C)c2)C1.I. The molecular formula is C21H36IN9. The van der Waals surface area contributed by atoms with Crippen molar-refractivity contribution in [1.82, 2.24) is 39.7 Å². The monoisotopic (exact) mass is 541 g/mol. The zero-order chi connectivity index (χ0) is 21.1. The third-order valence-corrected chi connectivity index (χ3v) is 6.64. The largest absolute Gasteiger partial charge is 0.355 e. The Morgan fingerprint density at radius 3 is 2.74 bits per heavy atom. The highest BCUT2D eigenvalue weighted by atomic mass is 127. The van der Waals surface area contributed by atoms with Crippen LogP contribution in [0.4, 0.5) is 0 Å². The van der Waals surface area contributed by atoms with E-state index in [1.165, 1.54) is 24.9 Å². The van der Waals surface area contributed by atoms with E-state index in [-0.39, 0.29) is 24.0 Å². The van der Waals surface area contributed by atoms with E-state index in [9.17, 15) is 0 Å². The Kier molecular flexibility index (Phi) is 8.31. The Balaban J connectivity index is 0.00000272. The molecule has 172 valence electrons. The van der Waals surface area contributed by atoms with E-state index in [4.69, 9.17) is 4.99 Å². The fraction of sp³-hybridized carbons (Fsp3) is 0.714. The molecule has 2 atom stereocenters. The minimum absolute atomic E-state index is 0. The summed E-state index contributed by atoms with van der Waals surface area (Å²) in [7, 11) is 3.98. The standard InChI is InChI=1S/C21H35N9.HI/c1-5-29-9-6-7-19(29)12-22-21(23-13-20-26-25-16(2)28(20)4)30-10-8-17(15-30)18-11-24-27(3)14-18;/h11,14,17,19H,5-10,12-13,15H2,1-4H3,(H,22,23);1H. The molecule has 2 unspecified atom stereocenters. The van der Waals surface area contributed by atoms with Gasteiger partial charge in [0.1, 0.15) is 12.4 Å². The molecule has 2 aliphatic heterocycles. The second-order valence-electron chi connectivity index (χ2n) is 8.55. The van der Waals surface area contributed by atoms with Gasteiger partial charge < -0.3 is 14.8 Å². The van der Waals surface area contributed by atoms with Crippen molar-refractivity contribution < 1.29 is 0 Å². The van der Waals surface area contributed by atoms with Gasteiger partial charge in [-0.05, 0) is 44.8 Å². The maximum Gasteiger partial charge on any atom is 0.194 e. The van der Waals surface area contributed by atoms with Crippen LogP contribution in [0.15, 0.2) is 17.4 Å². The zero-order valence-electron chi connectivity index (χ0n) is 19.2. The van der Waals surface area contributed by atoms with Gasteiger partial charge in [0.25, 0.3) is 0 Å². The average molecular weight is 541 g/mol. The lowest BCUT2D eigenvalue weighted by molar-refractivity contribution is 0.265. The van der Waals surface area contributed by atoms with Crippen molar-refractivity contribution in [3.63, 3.8) is 0 Å². The number of nitrogens with zero attached hydrogens (tertiary/aromatic N) is 8. The summed E-state index contributed by atoms with van der Waals surface area (Å²) in [5.74, 6) is 3.30. The molecule has 2 aliphatic rings. The molecule has 0 saturated carbocycles. The van der Waals surface area contributed by atoms with Crippen molar-refractivity contribution in [3.8, 4) is 0 Å². The van der Waals surface area contributed by atoms with Crippen molar-refractivity contribution in [2.45, 2.75) is 51.6 Å². The second-order valence-corrected chi connectivity index (χ2v) is 8.55. The van der Waals surface area contributed by atoms with Crippen molar-refractivity contribution >= 4 is 29.9 Å². The maximum absolute atomic E-state index is 4.96. The van der Waals surface area contributed by atoms with Gasteiger partial charge in [-0.15, -0.1) is 34.2 Å². The molecule has 0 bridgehead atoms. The Bertz CT molecular complexity index is 874. The number of aromatic nitrogens is 5. The first-order valence-corrected chi connectivity index (χ1v) is 11.2. The van der Waals surface area contributed by atoms with Crippen molar-refractivity contribution in [1.29, 1.82) is 0 Å². The molecule has 0 amide bonds. The maximum atomic E-state index is 4.96. The Labute approximate surface area is 202 Å². The van der Waals surface area contributed by atoms with Crippen molar-refractivity contribution in [2.24, 2.45) is 19.1 Å². The van der Waals surface area contributed by atoms with E-state index in [0.29, 0.717) is 18.5 Å². The third-order valence-electron chi connectivity index (χ3n) is 6.64. The number of likely N-dealkylation sites (N-methyl/N-ethyl adjacent to an activating group) is 1. The van der Waals surface area contributed by atoms with Gasteiger partial charge in [0.05, 0.1) is 6.20 Å². The van der Waals surface area contributed by atoms with Crippen LogP contribution in [-0.4, -0.2) is 79.1 Å². The first-order chi connectivity index (χ1) is 14.5. The molecule has 0 aromatic carbocycles. The highest BCUT2D eigenvalue weighted by molar-refractivity contribution is 14.0. The first-order valence-electron chi connectivity index (χ1n) is 11.2. The smallest absolute Gasteiger partial charge is 0.194 e. The summed E-state index contributed by atoms with van der Waals surface area (Å²) in [5, 5.41) is 16.5. The van der Waals surface area contributed by atoms with Gasteiger partial charge in [-0.3, -0.25) is 9.58 Å². The Morgan fingerprint density at radius 2 is 2.06 bits per heavy atom. The lowest BCUT2D eigenvalue weighted by atomic mass is 10.0. The molecule has 9 nitrogen and oxygen atoms in total. The summed E-state index contributed by atoms with van der Waals surface area (Å²) >= 11 is 0. The van der Waals surface area contributed by atoms with E-state index in [0.717, 1.165) is 50.2 Å². The fourth-order valence-corrected chi connectivity index (χ4v) is 4.63. The molecule has 4 rings (SSSR count). The van der Waals surface area contributed by atoms with Gasteiger partial charge in [-0.2, -0.15) is 5.10 Å². The molecule has 31 heavy (non-hydrogen) atoms. The van der Waals surface area contributed by atoms with Crippen LogP contribution in [0.2, 0.25) is 0 Å². The molecular weight excluding hydrogens is 505 g/mol. The number of guanidine groups is 1. The molecule has 2 aromatic heterocycles. The first kappa shape index (κ1) is 24.0. The summed E-state index contributed by atoms with van der Waals surface area (Å²) in [4.78, 5) is 9.93. The average Bonchev–Trinajstić information content (AvgIpc) is 3.52. The van der Waals surface area contributed by atoms with Gasteiger partial charge in [-0.1, -0.05) is 6.92 Å². The van der Waals surface area contributed by atoms with E-state index in [1.807, 2.05) is 36.5 Å². The number of rotatable bonds is 6. The second kappa shape index (κ2) is 10.8. The highest BCUT2D eigenvalue weighted by Crippen LogP contribution is 2.27. The quantitative estimate of drug-likeness (QED) is 0.342. The van der Waals surface area contributed by atoms with E-state index in [1.54, 1.807) is 0 Å². The molecule has 2 aromatic rings. The summed E-state index contributed by atoms with van der Waals surface area (Å²) in [6.45, 7) is 10.0. The van der Waals surface area contributed by atoms with Crippen LogP contribution in [0.1, 0.15) is 49.3 Å². The highest BCUT2D eigenvalue weighted by Gasteiger charge is 2.29. The third kappa shape index (κ3) is 5.57.